The fraction of sp³-hybridized carbons (Fsp3) is 0.211. The number of carbonyl (C=O) groups excluding carboxylic acids is 1. The highest BCUT2D eigenvalue weighted by Crippen LogP contribution is 2.27. The number of hydrazone groups is 1. The van der Waals surface area contributed by atoms with Crippen LogP contribution in [0.2, 0.25) is 5.02 Å². The van der Waals surface area contributed by atoms with Crippen molar-refractivity contribution in [2.75, 3.05) is 18.2 Å². The number of aromatic nitrogens is 2. The summed E-state index contributed by atoms with van der Waals surface area (Å²) < 4.78 is 7.21. The number of rotatable bonds is 4. The van der Waals surface area contributed by atoms with Gasteiger partial charge in [0, 0.05) is 11.9 Å². The molecule has 26 heavy (non-hydrogen) atoms. The molecule has 6 nitrogen and oxygen atoms in total. The van der Waals surface area contributed by atoms with Crippen LogP contribution in [0.25, 0.3) is 11.0 Å². The van der Waals surface area contributed by atoms with Crippen molar-refractivity contribution in [3.8, 4) is 0 Å². The molecule has 0 saturated heterocycles. The number of hydrogen-bond donors (Lipinski definition) is 0. The van der Waals surface area contributed by atoms with Crippen molar-refractivity contribution in [2.45, 2.75) is 13.5 Å². The van der Waals surface area contributed by atoms with Gasteiger partial charge in [-0.1, -0.05) is 35.9 Å². The molecule has 2 heterocycles. The molecule has 0 N–H and O–H groups in total. The number of hydrogen-bond acceptors (Lipinski definition) is 5. The van der Waals surface area contributed by atoms with Crippen molar-refractivity contribution in [1.82, 2.24) is 9.55 Å². The first-order chi connectivity index (χ1) is 12.6. The third-order valence-electron chi connectivity index (χ3n) is 4.20. The third-order valence-corrected chi connectivity index (χ3v) is 4.45. The molecular weight excluding hydrogens is 352 g/mol. The lowest BCUT2D eigenvalue weighted by molar-refractivity contribution is -0.140. The Morgan fingerprint density at radius 1 is 1.19 bits per heavy atom. The summed E-state index contributed by atoms with van der Waals surface area (Å²) in [6.07, 6.45) is 0. The average molecular weight is 369 g/mol. The van der Waals surface area contributed by atoms with Crippen LogP contribution < -0.4 is 5.01 Å². The van der Waals surface area contributed by atoms with E-state index in [0.29, 0.717) is 18.1 Å². The molecule has 0 aliphatic carbocycles. The fourth-order valence-corrected chi connectivity index (χ4v) is 3.13. The summed E-state index contributed by atoms with van der Waals surface area (Å²) in [5, 5.41) is 7.22. The summed E-state index contributed by atoms with van der Waals surface area (Å²) in [5.41, 5.74) is 3.85. The maximum absolute atomic E-state index is 11.1. The van der Waals surface area contributed by atoms with E-state index < -0.39 is 0 Å². The molecule has 0 bridgehead atoms. The topological polar surface area (TPSA) is 59.7 Å². The van der Waals surface area contributed by atoms with E-state index in [1.807, 2.05) is 48.5 Å². The molecule has 7 heteroatoms. The highest BCUT2D eigenvalue weighted by molar-refractivity contribution is 6.30. The minimum Gasteiger partial charge on any atom is -0.464 e. The van der Waals surface area contributed by atoms with Crippen LogP contribution in [0, 0.1) is 0 Å². The molecule has 3 aromatic rings. The lowest BCUT2D eigenvalue weighted by Crippen LogP contribution is -2.32. The van der Waals surface area contributed by atoms with Crippen LogP contribution in [0.3, 0.4) is 0 Å². The normalized spacial score (nSPS) is 13.5. The second-order valence-electron chi connectivity index (χ2n) is 6.00. The minimum atomic E-state index is -0.308. The van der Waals surface area contributed by atoms with Crippen LogP contribution in [0.5, 0.6) is 0 Å². The largest absolute Gasteiger partial charge is 0.464 e. The number of halogens is 1. The SMILES string of the molecule is CC(=O)OCCN1N=C(c2ccc(Cl)cc2)Cn2c1nc1ccccc12. The van der Waals surface area contributed by atoms with Gasteiger partial charge in [-0.2, -0.15) is 5.10 Å². The van der Waals surface area contributed by atoms with Crippen molar-refractivity contribution in [2.24, 2.45) is 5.10 Å². The van der Waals surface area contributed by atoms with Gasteiger partial charge in [0.2, 0.25) is 5.95 Å². The first-order valence-electron chi connectivity index (χ1n) is 8.31. The Hall–Kier alpha value is -2.86. The van der Waals surface area contributed by atoms with Gasteiger partial charge >= 0.3 is 5.97 Å². The van der Waals surface area contributed by atoms with E-state index in [4.69, 9.17) is 26.4 Å². The second kappa shape index (κ2) is 6.80. The molecule has 2 aromatic carbocycles. The van der Waals surface area contributed by atoms with Gasteiger partial charge in [0.05, 0.1) is 29.8 Å². The number of fused-ring (bicyclic) bond motifs is 3. The monoisotopic (exact) mass is 368 g/mol. The van der Waals surface area contributed by atoms with Crippen molar-refractivity contribution in [1.29, 1.82) is 0 Å². The van der Waals surface area contributed by atoms with E-state index in [1.54, 1.807) is 5.01 Å². The molecule has 1 aromatic heterocycles. The first kappa shape index (κ1) is 16.6. The van der Waals surface area contributed by atoms with Crippen molar-refractivity contribution in [3.63, 3.8) is 0 Å². The molecule has 0 radical (unpaired) electrons. The maximum atomic E-state index is 11.1. The Balaban J connectivity index is 1.73. The molecule has 0 saturated carbocycles. The van der Waals surface area contributed by atoms with E-state index in [9.17, 15) is 4.79 Å². The van der Waals surface area contributed by atoms with Crippen LogP contribution >= 0.6 is 11.6 Å². The Morgan fingerprint density at radius 2 is 1.96 bits per heavy atom. The molecule has 1 aliphatic heterocycles. The standard InChI is InChI=1S/C19H17ClN4O2/c1-13(25)26-11-10-24-19-21-16-4-2-3-5-18(16)23(19)12-17(22-24)14-6-8-15(20)9-7-14/h2-9H,10-12H2,1H3. The van der Waals surface area contributed by atoms with Crippen molar-refractivity contribution in [3.05, 3.63) is 59.1 Å². The zero-order chi connectivity index (χ0) is 18.1. The Morgan fingerprint density at radius 3 is 2.73 bits per heavy atom. The smallest absolute Gasteiger partial charge is 0.302 e. The number of para-hydroxylation sites is 2. The summed E-state index contributed by atoms with van der Waals surface area (Å²) in [6.45, 7) is 2.69. The van der Waals surface area contributed by atoms with E-state index in [2.05, 4.69) is 4.57 Å². The van der Waals surface area contributed by atoms with Gasteiger partial charge in [0.1, 0.15) is 6.61 Å². The molecular formula is C19H17ClN4O2. The van der Waals surface area contributed by atoms with Gasteiger partial charge in [-0.05, 0) is 29.8 Å². The molecule has 0 spiro atoms. The van der Waals surface area contributed by atoms with Gasteiger partial charge in [0.25, 0.3) is 0 Å². The Labute approximate surface area is 155 Å². The molecule has 4 rings (SSSR count). The molecule has 0 amide bonds. The number of nitrogens with zero attached hydrogens (tertiary/aromatic N) is 4. The molecule has 0 fully saturated rings. The predicted molar refractivity (Wildman–Crippen MR) is 102 cm³/mol. The average Bonchev–Trinajstić information content (AvgIpc) is 3.01. The molecule has 0 unspecified atom stereocenters. The fourth-order valence-electron chi connectivity index (χ4n) is 3.00. The van der Waals surface area contributed by atoms with E-state index >= 15 is 0 Å². The predicted octanol–water partition coefficient (Wildman–Crippen LogP) is 3.48. The Bertz CT molecular complexity index is 994. The van der Waals surface area contributed by atoms with Crippen LogP contribution in [-0.4, -0.2) is 34.4 Å². The number of anilines is 1. The number of ether oxygens (including phenoxy) is 1. The van der Waals surface area contributed by atoms with E-state index in [0.717, 1.165) is 28.3 Å². The van der Waals surface area contributed by atoms with Gasteiger partial charge in [0.15, 0.2) is 0 Å². The lowest BCUT2D eigenvalue weighted by Gasteiger charge is -2.26. The number of imidazole rings is 1. The van der Waals surface area contributed by atoms with Crippen molar-refractivity contribution >= 4 is 40.3 Å². The highest BCUT2D eigenvalue weighted by Gasteiger charge is 2.24. The lowest BCUT2D eigenvalue weighted by atomic mass is 10.1. The highest BCUT2D eigenvalue weighted by atomic mass is 35.5. The quantitative estimate of drug-likeness (QED) is 0.661. The molecule has 132 valence electrons. The van der Waals surface area contributed by atoms with Crippen LogP contribution in [0.1, 0.15) is 12.5 Å². The molecule has 0 atom stereocenters. The molecule has 1 aliphatic rings. The zero-order valence-electron chi connectivity index (χ0n) is 14.2. The van der Waals surface area contributed by atoms with Crippen LogP contribution in [0.15, 0.2) is 53.6 Å². The summed E-state index contributed by atoms with van der Waals surface area (Å²) >= 11 is 6.01. The third kappa shape index (κ3) is 3.15. The summed E-state index contributed by atoms with van der Waals surface area (Å²) in [6, 6.07) is 15.6. The van der Waals surface area contributed by atoms with Gasteiger partial charge in [-0.25, -0.2) is 9.99 Å². The minimum absolute atomic E-state index is 0.246. The summed E-state index contributed by atoms with van der Waals surface area (Å²) in [7, 11) is 0. The second-order valence-corrected chi connectivity index (χ2v) is 6.44. The summed E-state index contributed by atoms with van der Waals surface area (Å²) in [5.74, 6) is 0.438. The maximum Gasteiger partial charge on any atom is 0.302 e. The number of esters is 1. The number of benzene rings is 2. The van der Waals surface area contributed by atoms with Crippen molar-refractivity contribution < 1.29 is 9.53 Å². The first-order valence-corrected chi connectivity index (χ1v) is 8.69. The van der Waals surface area contributed by atoms with E-state index in [-0.39, 0.29) is 12.6 Å². The van der Waals surface area contributed by atoms with E-state index in [1.165, 1.54) is 6.92 Å². The summed E-state index contributed by atoms with van der Waals surface area (Å²) in [4.78, 5) is 15.8. The Kier molecular flexibility index (Phi) is 4.34. The van der Waals surface area contributed by atoms with Gasteiger partial charge in [-0.3, -0.25) is 4.79 Å². The van der Waals surface area contributed by atoms with Crippen LogP contribution in [0.4, 0.5) is 5.95 Å². The zero-order valence-corrected chi connectivity index (χ0v) is 15.0. The van der Waals surface area contributed by atoms with Crippen LogP contribution in [-0.2, 0) is 16.1 Å². The van der Waals surface area contributed by atoms with Gasteiger partial charge < -0.3 is 9.30 Å². The van der Waals surface area contributed by atoms with Gasteiger partial charge in [-0.15, -0.1) is 0 Å². The number of carbonyl (C=O) groups is 1.